The number of benzene rings is 1. The molecular formula is C13H17NO2. The number of carbonyl (C=O) groups is 1. The maximum absolute atomic E-state index is 11.8. The maximum atomic E-state index is 11.8. The van der Waals surface area contributed by atoms with E-state index in [0.29, 0.717) is 5.56 Å². The summed E-state index contributed by atoms with van der Waals surface area (Å²) < 4.78 is 5.29. The molecule has 0 saturated heterocycles. The molecule has 1 aliphatic rings. The van der Waals surface area contributed by atoms with Crippen LogP contribution in [0.4, 0.5) is 5.69 Å². The highest BCUT2D eigenvalue weighted by Gasteiger charge is 2.15. The third kappa shape index (κ3) is 2.18. The van der Waals surface area contributed by atoms with Gasteiger partial charge in [-0.3, -0.25) is 0 Å². The van der Waals surface area contributed by atoms with E-state index < -0.39 is 0 Å². The number of hydrogen-bond donors (Lipinski definition) is 1. The highest BCUT2D eigenvalue weighted by molar-refractivity contribution is 5.90. The van der Waals surface area contributed by atoms with Crippen LogP contribution in [0.15, 0.2) is 18.2 Å². The Morgan fingerprint density at radius 3 is 3.12 bits per heavy atom. The molecule has 1 aromatic rings. The van der Waals surface area contributed by atoms with Crippen LogP contribution in [0.25, 0.3) is 0 Å². The first-order valence-corrected chi connectivity index (χ1v) is 5.78. The first-order chi connectivity index (χ1) is 7.70. The van der Waals surface area contributed by atoms with Crippen molar-refractivity contribution in [2.24, 2.45) is 0 Å². The van der Waals surface area contributed by atoms with E-state index >= 15 is 0 Å². The van der Waals surface area contributed by atoms with Crippen molar-refractivity contribution in [2.45, 2.75) is 32.8 Å². The van der Waals surface area contributed by atoms with E-state index in [9.17, 15) is 4.79 Å². The molecule has 86 valence electrons. The Hall–Kier alpha value is -1.51. The average molecular weight is 219 g/mol. The lowest BCUT2D eigenvalue weighted by Gasteiger charge is -2.11. The fourth-order valence-electron chi connectivity index (χ4n) is 1.77. The summed E-state index contributed by atoms with van der Waals surface area (Å²) in [6, 6.07) is 5.71. The second-order valence-corrected chi connectivity index (χ2v) is 4.17. The van der Waals surface area contributed by atoms with Crippen LogP contribution < -0.4 is 5.32 Å². The van der Waals surface area contributed by atoms with Gasteiger partial charge in [0.2, 0.25) is 0 Å². The van der Waals surface area contributed by atoms with Gasteiger partial charge in [0.15, 0.2) is 0 Å². The first-order valence-electron chi connectivity index (χ1n) is 5.78. The summed E-state index contributed by atoms with van der Waals surface area (Å²) in [5.74, 6) is -0.218. The molecule has 1 atom stereocenters. The number of nitrogens with one attached hydrogen (secondary N) is 1. The van der Waals surface area contributed by atoms with E-state index in [1.54, 1.807) is 0 Å². The van der Waals surface area contributed by atoms with Gasteiger partial charge >= 0.3 is 5.97 Å². The van der Waals surface area contributed by atoms with Crippen molar-refractivity contribution in [2.75, 3.05) is 11.9 Å². The number of carbonyl (C=O) groups excluding carboxylic acids is 1. The Morgan fingerprint density at radius 1 is 1.56 bits per heavy atom. The molecule has 0 saturated carbocycles. The van der Waals surface area contributed by atoms with Crippen LogP contribution in [0.2, 0.25) is 0 Å². The van der Waals surface area contributed by atoms with E-state index in [0.717, 1.165) is 25.1 Å². The summed E-state index contributed by atoms with van der Waals surface area (Å²) in [4.78, 5) is 11.8. The minimum Gasteiger partial charge on any atom is -0.459 e. The van der Waals surface area contributed by atoms with Gasteiger partial charge in [-0.25, -0.2) is 4.79 Å². The van der Waals surface area contributed by atoms with Gasteiger partial charge in [0.25, 0.3) is 0 Å². The minimum atomic E-state index is -0.218. The summed E-state index contributed by atoms with van der Waals surface area (Å²) in [7, 11) is 0. The van der Waals surface area contributed by atoms with Gasteiger partial charge in [-0.2, -0.15) is 0 Å². The van der Waals surface area contributed by atoms with E-state index in [4.69, 9.17) is 4.74 Å². The highest BCUT2D eigenvalue weighted by atomic mass is 16.5. The molecule has 0 unspecified atom stereocenters. The zero-order chi connectivity index (χ0) is 11.5. The first kappa shape index (κ1) is 11.0. The van der Waals surface area contributed by atoms with Crippen LogP contribution >= 0.6 is 0 Å². The van der Waals surface area contributed by atoms with Crippen LogP contribution in [0.3, 0.4) is 0 Å². The largest absolute Gasteiger partial charge is 0.459 e. The standard InChI is InChI=1S/C13H17NO2/c1-3-9(2)16-13(15)11-4-5-12-10(8-11)6-7-14-12/h4-5,8-9,14H,3,6-7H2,1-2H3/t9-/m1/s1. The molecule has 0 aromatic heterocycles. The SMILES string of the molecule is CC[C@@H](C)OC(=O)c1ccc2c(c1)CCN2. The smallest absolute Gasteiger partial charge is 0.338 e. The van der Waals surface area contributed by atoms with Crippen LogP contribution in [-0.4, -0.2) is 18.6 Å². The van der Waals surface area contributed by atoms with Gasteiger partial charge in [-0.05, 0) is 43.5 Å². The number of anilines is 1. The Kier molecular flexibility index (Phi) is 3.13. The molecule has 1 aliphatic heterocycles. The van der Waals surface area contributed by atoms with Crippen LogP contribution in [-0.2, 0) is 11.2 Å². The lowest BCUT2D eigenvalue weighted by Crippen LogP contribution is -2.14. The molecule has 0 radical (unpaired) electrons. The van der Waals surface area contributed by atoms with Gasteiger partial charge in [0.1, 0.15) is 0 Å². The van der Waals surface area contributed by atoms with Crippen molar-refractivity contribution >= 4 is 11.7 Å². The zero-order valence-electron chi connectivity index (χ0n) is 9.75. The second-order valence-electron chi connectivity index (χ2n) is 4.17. The van der Waals surface area contributed by atoms with Gasteiger partial charge in [0.05, 0.1) is 11.7 Å². The average Bonchev–Trinajstić information content (AvgIpc) is 2.75. The fraction of sp³-hybridized carbons (Fsp3) is 0.462. The maximum Gasteiger partial charge on any atom is 0.338 e. The van der Waals surface area contributed by atoms with Crippen molar-refractivity contribution < 1.29 is 9.53 Å². The highest BCUT2D eigenvalue weighted by Crippen LogP contribution is 2.23. The predicted molar refractivity (Wildman–Crippen MR) is 63.8 cm³/mol. The molecule has 0 bridgehead atoms. The summed E-state index contributed by atoms with van der Waals surface area (Å²) in [5.41, 5.74) is 3.00. The van der Waals surface area contributed by atoms with Crippen molar-refractivity contribution in [3.05, 3.63) is 29.3 Å². The molecule has 16 heavy (non-hydrogen) atoms. The zero-order valence-corrected chi connectivity index (χ0v) is 9.75. The molecule has 0 amide bonds. The Morgan fingerprint density at radius 2 is 2.38 bits per heavy atom. The summed E-state index contributed by atoms with van der Waals surface area (Å²) >= 11 is 0. The molecule has 0 fully saturated rings. The molecule has 1 N–H and O–H groups in total. The summed E-state index contributed by atoms with van der Waals surface area (Å²) in [5, 5.41) is 3.27. The van der Waals surface area contributed by atoms with Crippen LogP contribution in [0.5, 0.6) is 0 Å². The van der Waals surface area contributed by atoms with E-state index in [-0.39, 0.29) is 12.1 Å². The van der Waals surface area contributed by atoms with E-state index in [1.165, 1.54) is 5.56 Å². The normalized spacial score (nSPS) is 15.1. The van der Waals surface area contributed by atoms with Crippen LogP contribution in [0.1, 0.15) is 36.2 Å². The molecule has 0 aliphatic carbocycles. The number of ether oxygens (including phenoxy) is 1. The molecular weight excluding hydrogens is 202 g/mol. The van der Waals surface area contributed by atoms with Gasteiger partial charge in [0, 0.05) is 12.2 Å². The number of fused-ring (bicyclic) bond motifs is 1. The summed E-state index contributed by atoms with van der Waals surface area (Å²) in [6.45, 7) is 4.87. The number of hydrogen-bond acceptors (Lipinski definition) is 3. The molecule has 1 aromatic carbocycles. The van der Waals surface area contributed by atoms with Crippen molar-refractivity contribution in [3.8, 4) is 0 Å². The summed E-state index contributed by atoms with van der Waals surface area (Å²) in [6.07, 6.45) is 1.82. The molecule has 2 rings (SSSR count). The molecule has 3 nitrogen and oxygen atoms in total. The number of esters is 1. The van der Waals surface area contributed by atoms with Gasteiger partial charge in [-0.15, -0.1) is 0 Å². The Balaban J connectivity index is 2.12. The van der Waals surface area contributed by atoms with Crippen molar-refractivity contribution in [1.82, 2.24) is 0 Å². The Bertz CT molecular complexity index is 401. The fourth-order valence-corrected chi connectivity index (χ4v) is 1.77. The topological polar surface area (TPSA) is 38.3 Å². The van der Waals surface area contributed by atoms with Gasteiger partial charge < -0.3 is 10.1 Å². The minimum absolute atomic E-state index is 0.0149. The molecule has 3 heteroatoms. The van der Waals surface area contributed by atoms with Gasteiger partial charge in [-0.1, -0.05) is 6.92 Å². The van der Waals surface area contributed by atoms with Crippen molar-refractivity contribution in [1.29, 1.82) is 0 Å². The third-order valence-corrected chi connectivity index (χ3v) is 2.93. The quantitative estimate of drug-likeness (QED) is 0.794. The van der Waals surface area contributed by atoms with E-state index in [2.05, 4.69) is 5.32 Å². The lowest BCUT2D eigenvalue weighted by atomic mass is 10.1. The lowest BCUT2D eigenvalue weighted by molar-refractivity contribution is 0.0334. The third-order valence-electron chi connectivity index (χ3n) is 2.93. The monoisotopic (exact) mass is 219 g/mol. The van der Waals surface area contributed by atoms with E-state index in [1.807, 2.05) is 32.0 Å². The second kappa shape index (κ2) is 4.56. The molecule has 0 spiro atoms. The van der Waals surface area contributed by atoms with Crippen LogP contribution in [0, 0.1) is 0 Å². The Labute approximate surface area is 95.8 Å². The molecule has 1 heterocycles. The number of rotatable bonds is 3. The van der Waals surface area contributed by atoms with Crippen molar-refractivity contribution in [3.63, 3.8) is 0 Å². The predicted octanol–water partition coefficient (Wildman–Crippen LogP) is 2.61.